The molecule has 8 heteroatoms. The van der Waals surface area contributed by atoms with E-state index in [4.69, 9.17) is 5.73 Å². The maximum absolute atomic E-state index is 11.8. The van der Waals surface area contributed by atoms with Crippen LogP contribution in [-0.2, 0) is 6.54 Å². The molecule has 0 saturated carbocycles. The lowest BCUT2D eigenvalue weighted by Crippen LogP contribution is -2.44. The number of H-pyrrole nitrogens is 1. The Balaban J connectivity index is 3.00. The average molecular weight is 285 g/mol. The molecule has 1 heterocycles. The van der Waals surface area contributed by atoms with Crippen LogP contribution in [0.15, 0.2) is 9.59 Å². The molecule has 1 atom stereocenters. The average Bonchev–Trinajstić information content (AvgIpc) is 2.26. The van der Waals surface area contributed by atoms with Crippen molar-refractivity contribution in [3.8, 4) is 0 Å². The van der Waals surface area contributed by atoms with Crippen molar-refractivity contribution in [2.75, 3.05) is 38.2 Å². The maximum atomic E-state index is 11.8. The number of aromatic nitrogens is 2. The van der Waals surface area contributed by atoms with Crippen LogP contribution in [0.5, 0.6) is 0 Å². The zero-order chi connectivity index (χ0) is 15.5. The Morgan fingerprint density at radius 3 is 2.55 bits per heavy atom. The minimum absolute atomic E-state index is 0.0712. The molecule has 0 aliphatic heterocycles. The van der Waals surface area contributed by atoms with Crippen LogP contribution in [0.3, 0.4) is 0 Å². The van der Waals surface area contributed by atoms with Crippen LogP contribution in [0.25, 0.3) is 0 Å². The summed E-state index contributed by atoms with van der Waals surface area (Å²) in [6, 6.07) is 0. The number of nitrogen functional groups attached to an aromatic ring is 1. The summed E-state index contributed by atoms with van der Waals surface area (Å²) < 4.78 is 1.25. The molecule has 0 aliphatic rings. The van der Waals surface area contributed by atoms with Crippen molar-refractivity contribution < 1.29 is 5.11 Å². The van der Waals surface area contributed by atoms with Crippen molar-refractivity contribution in [3.05, 3.63) is 20.8 Å². The molecule has 0 bridgehead atoms. The molecular formula is C12H23N5O3. The molecule has 0 amide bonds. The Kier molecular flexibility index (Phi) is 4.96. The molecule has 1 rings (SSSR count). The molecular weight excluding hydrogens is 262 g/mol. The number of nitrogens with one attached hydrogen (secondary N) is 2. The monoisotopic (exact) mass is 285 g/mol. The number of hydrogen-bond acceptors (Lipinski definition) is 6. The number of aliphatic hydroxyl groups is 1. The van der Waals surface area contributed by atoms with Crippen LogP contribution in [0.2, 0.25) is 0 Å². The summed E-state index contributed by atoms with van der Waals surface area (Å²) in [6.45, 7) is 4.32. The van der Waals surface area contributed by atoms with Gasteiger partial charge in [0.25, 0.3) is 5.56 Å². The Hall–Kier alpha value is -1.80. The highest BCUT2D eigenvalue weighted by atomic mass is 16.3. The molecule has 5 N–H and O–H groups in total. The molecule has 0 aliphatic carbocycles. The number of nitrogens with two attached hydrogens (primary N) is 1. The van der Waals surface area contributed by atoms with Gasteiger partial charge in [0.05, 0.1) is 5.60 Å². The zero-order valence-electron chi connectivity index (χ0n) is 12.4. The van der Waals surface area contributed by atoms with Crippen molar-refractivity contribution in [2.24, 2.45) is 0 Å². The number of likely N-dealkylation sites (N-methyl/N-ethyl adjacent to an activating group) is 1. The van der Waals surface area contributed by atoms with Crippen LogP contribution in [0, 0.1) is 0 Å². The lowest BCUT2D eigenvalue weighted by molar-refractivity contribution is 0.0459. The highest BCUT2D eigenvalue weighted by Gasteiger charge is 2.22. The highest BCUT2D eigenvalue weighted by Crippen LogP contribution is 2.12. The normalized spacial score (nSPS) is 14.3. The lowest BCUT2D eigenvalue weighted by atomic mass is 10.1. The summed E-state index contributed by atoms with van der Waals surface area (Å²) in [4.78, 5) is 27.3. The van der Waals surface area contributed by atoms with E-state index in [1.54, 1.807) is 13.8 Å². The Bertz CT molecular complexity index is 573. The van der Waals surface area contributed by atoms with Gasteiger partial charge in [-0.3, -0.25) is 14.3 Å². The van der Waals surface area contributed by atoms with E-state index in [0.717, 1.165) is 0 Å². The van der Waals surface area contributed by atoms with E-state index in [9.17, 15) is 14.7 Å². The van der Waals surface area contributed by atoms with Crippen LogP contribution >= 0.6 is 0 Å². The predicted molar refractivity (Wildman–Crippen MR) is 79.1 cm³/mol. The molecule has 20 heavy (non-hydrogen) atoms. The van der Waals surface area contributed by atoms with Crippen molar-refractivity contribution in [3.63, 3.8) is 0 Å². The molecule has 0 aromatic carbocycles. The largest absolute Gasteiger partial charge is 0.387 e. The Labute approximate surface area is 117 Å². The van der Waals surface area contributed by atoms with Crippen molar-refractivity contribution in [1.29, 1.82) is 0 Å². The number of anilines is 2. The van der Waals surface area contributed by atoms with Gasteiger partial charge in [0, 0.05) is 19.6 Å². The van der Waals surface area contributed by atoms with Crippen LogP contribution < -0.4 is 22.3 Å². The van der Waals surface area contributed by atoms with Crippen molar-refractivity contribution >= 4 is 11.5 Å². The van der Waals surface area contributed by atoms with E-state index < -0.39 is 16.9 Å². The van der Waals surface area contributed by atoms with Crippen molar-refractivity contribution in [2.45, 2.75) is 26.0 Å². The van der Waals surface area contributed by atoms with Gasteiger partial charge in [0.15, 0.2) is 0 Å². The molecule has 0 spiro atoms. The summed E-state index contributed by atoms with van der Waals surface area (Å²) in [6.07, 6.45) is 0. The van der Waals surface area contributed by atoms with Crippen molar-refractivity contribution in [1.82, 2.24) is 14.5 Å². The van der Waals surface area contributed by atoms with Crippen LogP contribution in [0.1, 0.15) is 13.8 Å². The van der Waals surface area contributed by atoms with E-state index in [-0.39, 0.29) is 18.1 Å². The summed E-state index contributed by atoms with van der Waals surface area (Å²) >= 11 is 0. The fraction of sp³-hybridized carbons (Fsp3) is 0.667. The Morgan fingerprint density at radius 2 is 2.05 bits per heavy atom. The first-order chi connectivity index (χ1) is 9.18. The maximum Gasteiger partial charge on any atom is 0.330 e. The van der Waals surface area contributed by atoms with Gasteiger partial charge in [-0.25, -0.2) is 4.79 Å². The van der Waals surface area contributed by atoms with E-state index in [2.05, 4.69) is 10.3 Å². The molecule has 1 aromatic rings. The van der Waals surface area contributed by atoms with Gasteiger partial charge >= 0.3 is 5.69 Å². The molecule has 0 fully saturated rings. The molecule has 0 radical (unpaired) electrons. The SMILES string of the molecule is CCn1c(N)c(NCC(C)(O)CN(C)C)c(=O)[nH]c1=O. The topological polar surface area (TPSA) is 116 Å². The first-order valence-electron chi connectivity index (χ1n) is 6.41. The van der Waals surface area contributed by atoms with Gasteiger partial charge in [0.2, 0.25) is 0 Å². The minimum atomic E-state index is -1.03. The first-order valence-corrected chi connectivity index (χ1v) is 6.41. The van der Waals surface area contributed by atoms with Gasteiger partial charge in [-0.2, -0.15) is 0 Å². The zero-order valence-corrected chi connectivity index (χ0v) is 12.4. The van der Waals surface area contributed by atoms with Gasteiger partial charge < -0.3 is 21.1 Å². The quantitative estimate of drug-likeness (QED) is 0.525. The van der Waals surface area contributed by atoms with Crippen LogP contribution in [0.4, 0.5) is 11.5 Å². The van der Waals surface area contributed by atoms with E-state index in [1.807, 2.05) is 19.0 Å². The summed E-state index contributed by atoms with van der Waals surface area (Å²) in [7, 11) is 3.68. The van der Waals surface area contributed by atoms with E-state index >= 15 is 0 Å². The highest BCUT2D eigenvalue weighted by molar-refractivity contribution is 5.60. The summed E-state index contributed by atoms with van der Waals surface area (Å²) in [5, 5.41) is 13.0. The molecule has 8 nitrogen and oxygen atoms in total. The summed E-state index contributed by atoms with van der Waals surface area (Å²) in [5.74, 6) is 0.0712. The molecule has 1 unspecified atom stereocenters. The fourth-order valence-electron chi connectivity index (χ4n) is 2.09. The molecule has 0 saturated heterocycles. The summed E-state index contributed by atoms with van der Waals surface area (Å²) in [5.41, 5.74) is 3.76. The van der Waals surface area contributed by atoms with Crippen LogP contribution in [-0.4, -0.2) is 52.3 Å². The Morgan fingerprint density at radius 1 is 1.45 bits per heavy atom. The number of hydrogen-bond donors (Lipinski definition) is 4. The first kappa shape index (κ1) is 16.3. The third-order valence-electron chi connectivity index (χ3n) is 2.86. The van der Waals surface area contributed by atoms with E-state index in [0.29, 0.717) is 13.1 Å². The second kappa shape index (κ2) is 6.10. The van der Waals surface area contributed by atoms with Gasteiger partial charge in [-0.1, -0.05) is 0 Å². The third-order valence-corrected chi connectivity index (χ3v) is 2.86. The van der Waals surface area contributed by atoms with Gasteiger partial charge in [-0.05, 0) is 27.9 Å². The van der Waals surface area contributed by atoms with E-state index in [1.165, 1.54) is 4.57 Å². The molecule has 1 aromatic heterocycles. The predicted octanol–water partition coefficient (Wildman–Crippen LogP) is -1.14. The smallest absolute Gasteiger partial charge is 0.330 e. The van der Waals surface area contributed by atoms with Gasteiger partial charge in [0.1, 0.15) is 11.5 Å². The minimum Gasteiger partial charge on any atom is -0.387 e. The lowest BCUT2D eigenvalue weighted by Gasteiger charge is -2.27. The number of rotatable bonds is 6. The number of nitrogens with zero attached hydrogens (tertiary/aromatic N) is 2. The second-order valence-corrected chi connectivity index (χ2v) is 5.35. The molecule has 114 valence electrons. The second-order valence-electron chi connectivity index (χ2n) is 5.35. The van der Waals surface area contributed by atoms with Gasteiger partial charge in [-0.15, -0.1) is 0 Å². The third kappa shape index (κ3) is 3.84. The fourth-order valence-corrected chi connectivity index (χ4v) is 2.09. The standard InChI is InChI=1S/C12H23N5O3/c1-5-17-9(13)8(10(18)15-11(17)19)14-6-12(2,20)7-16(3)4/h14,20H,5-7,13H2,1-4H3,(H,15,18,19). The number of aromatic amines is 1.